The van der Waals surface area contributed by atoms with E-state index in [2.05, 4.69) is 5.10 Å². The molecule has 0 aliphatic carbocycles. The lowest BCUT2D eigenvalue weighted by molar-refractivity contribution is -0.148. The molecule has 0 N–H and O–H groups in total. The monoisotopic (exact) mass is 239 g/mol. The number of carbonyl (C=O) groups is 1. The predicted molar refractivity (Wildman–Crippen MR) is 60.7 cm³/mol. The summed E-state index contributed by atoms with van der Waals surface area (Å²) in [6.45, 7) is 4.15. The van der Waals surface area contributed by atoms with E-state index < -0.39 is 5.97 Å². The van der Waals surface area contributed by atoms with Gasteiger partial charge in [-0.1, -0.05) is 0 Å². The minimum atomic E-state index is -0.419. The van der Waals surface area contributed by atoms with Gasteiger partial charge >= 0.3 is 11.7 Å². The second-order valence-corrected chi connectivity index (χ2v) is 4.50. The Kier molecular flexibility index (Phi) is 3.31. The quantitative estimate of drug-likeness (QED) is 0.713. The molecular weight excluding hydrogens is 222 g/mol. The van der Waals surface area contributed by atoms with Crippen molar-refractivity contribution in [3.05, 3.63) is 16.3 Å². The first-order valence-electron chi connectivity index (χ1n) is 5.94. The molecule has 94 valence electrons. The smallest absolute Gasteiger partial charge is 0.346 e. The van der Waals surface area contributed by atoms with Crippen molar-refractivity contribution in [2.45, 2.75) is 52.3 Å². The van der Waals surface area contributed by atoms with Crippen molar-refractivity contribution in [1.82, 2.24) is 14.3 Å². The van der Waals surface area contributed by atoms with E-state index in [9.17, 15) is 9.59 Å². The lowest BCUT2D eigenvalue weighted by Gasteiger charge is -2.09. The molecule has 0 atom stereocenters. The summed E-state index contributed by atoms with van der Waals surface area (Å²) in [5.74, 6) is 0.358. The summed E-state index contributed by atoms with van der Waals surface area (Å²) < 4.78 is 7.84. The first-order valence-corrected chi connectivity index (χ1v) is 5.94. The molecule has 2 rings (SSSR count). The third-order valence-electron chi connectivity index (χ3n) is 2.68. The van der Waals surface area contributed by atoms with Crippen LogP contribution >= 0.6 is 0 Å². The van der Waals surface area contributed by atoms with Crippen molar-refractivity contribution in [2.75, 3.05) is 0 Å². The lowest BCUT2D eigenvalue weighted by Crippen LogP contribution is -2.30. The van der Waals surface area contributed by atoms with E-state index in [0.717, 1.165) is 25.1 Å². The third-order valence-corrected chi connectivity index (χ3v) is 2.68. The van der Waals surface area contributed by atoms with Gasteiger partial charge in [0.1, 0.15) is 12.4 Å². The average molecular weight is 239 g/mol. The van der Waals surface area contributed by atoms with Gasteiger partial charge in [-0.2, -0.15) is 5.10 Å². The largest absolute Gasteiger partial charge is 0.462 e. The van der Waals surface area contributed by atoms with E-state index in [1.807, 2.05) is 0 Å². The fraction of sp³-hybridized carbons (Fsp3) is 0.727. The highest BCUT2D eigenvalue weighted by atomic mass is 16.5. The number of carbonyl (C=O) groups excluding carboxylic acids is 1. The summed E-state index contributed by atoms with van der Waals surface area (Å²) in [6.07, 6.45) is 2.68. The highest BCUT2D eigenvalue weighted by Gasteiger charge is 2.18. The number of hydrogen-bond donors (Lipinski definition) is 0. The van der Waals surface area contributed by atoms with Crippen LogP contribution in [0.25, 0.3) is 0 Å². The molecule has 0 amide bonds. The molecule has 0 aromatic carbocycles. The van der Waals surface area contributed by atoms with Gasteiger partial charge in [-0.3, -0.25) is 9.36 Å². The lowest BCUT2D eigenvalue weighted by atomic mass is 10.2. The van der Waals surface area contributed by atoms with Crippen LogP contribution in [-0.2, 0) is 29.0 Å². The van der Waals surface area contributed by atoms with Gasteiger partial charge in [-0.05, 0) is 26.7 Å². The number of hydrogen-bond acceptors (Lipinski definition) is 4. The molecule has 2 heterocycles. The van der Waals surface area contributed by atoms with Crippen molar-refractivity contribution in [3.8, 4) is 0 Å². The van der Waals surface area contributed by atoms with Crippen LogP contribution in [0.1, 0.15) is 32.5 Å². The van der Waals surface area contributed by atoms with E-state index in [0.29, 0.717) is 6.54 Å². The molecule has 6 nitrogen and oxygen atoms in total. The second kappa shape index (κ2) is 4.73. The maximum absolute atomic E-state index is 11.9. The van der Waals surface area contributed by atoms with Crippen molar-refractivity contribution in [1.29, 1.82) is 0 Å². The van der Waals surface area contributed by atoms with E-state index in [-0.39, 0.29) is 18.3 Å². The fourth-order valence-electron chi connectivity index (χ4n) is 1.97. The van der Waals surface area contributed by atoms with Gasteiger partial charge < -0.3 is 4.74 Å². The molecule has 0 saturated carbocycles. The highest BCUT2D eigenvalue weighted by Crippen LogP contribution is 2.09. The molecule has 0 unspecified atom stereocenters. The van der Waals surface area contributed by atoms with Crippen LogP contribution in [0.15, 0.2) is 4.79 Å². The molecule has 0 saturated heterocycles. The molecule has 0 fully saturated rings. The molecular formula is C11H17N3O3. The van der Waals surface area contributed by atoms with Gasteiger partial charge in [-0.25, -0.2) is 9.48 Å². The van der Waals surface area contributed by atoms with Crippen LogP contribution in [0.2, 0.25) is 0 Å². The van der Waals surface area contributed by atoms with Crippen molar-refractivity contribution in [2.24, 2.45) is 0 Å². The predicted octanol–water partition coefficient (Wildman–Crippen LogP) is 0.333. The normalized spacial score (nSPS) is 14.8. The van der Waals surface area contributed by atoms with Crippen LogP contribution in [0.4, 0.5) is 0 Å². The van der Waals surface area contributed by atoms with E-state index in [4.69, 9.17) is 4.74 Å². The van der Waals surface area contributed by atoms with E-state index >= 15 is 0 Å². The highest BCUT2D eigenvalue weighted by molar-refractivity contribution is 5.69. The second-order valence-electron chi connectivity index (χ2n) is 4.50. The third kappa shape index (κ3) is 2.57. The molecule has 0 spiro atoms. The fourth-order valence-corrected chi connectivity index (χ4v) is 1.97. The van der Waals surface area contributed by atoms with Crippen LogP contribution in [0.3, 0.4) is 0 Å². The minimum absolute atomic E-state index is 0.100. The maximum Gasteiger partial charge on any atom is 0.346 e. The first-order chi connectivity index (χ1) is 8.08. The topological polar surface area (TPSA) is 66.1 Å². The number of esters is 1. The zero-order chi connectivity index (χ0) is 12.4. The van der Waals surface area contributed by atoms with Gasteiger partial charge in [-0.15, -0.1) is 0 Å². The number of rotatable bonds is 3. The Bertz CT molecular complexity index is 473. The summed E-state index contributed by atoms with van der Waals surface area (Å²) in [7, 11) is 0. The van der Waals surface area contributed by atoms with Gasteiger partial charge in [0.2, 0.25) is 0 Å². The van der Waals surface area contributed by atoms with Gasteiger partial charge in [0.05, 0.1) is 6.10 Å². The first kappa shape index (κ1) is 11.9. The Labute approximate surface area is 99.2 Å². The minimum Gasteiger partial charge on any atom is -0.462 e. The Morgan fingerprint density at radius 3 is 2.88 bits per heavy atom. The van der Waals surface area contributed by atoms with Crippen LogP contribution in [-0.4, -0.2) is 26.4 Å². The molecule has 1 aromatic heterocycles. The molecule has 0 radical (unpaired) electrons. The van der Waals surface area contributed by atoms with E-state index in [1.165, 1.54) is 4.68 Å². The summed E-state index contributed by atoms with van der Waals surface area (Å²) in [5, 5.41) is 4.16. The summed E-state index contributed by atoms with van der Waals surface area (Å²) in [6, 6.07) is 0. The Morgan fingerprint density at radius 2 is 2.24 bits per heavy atom. The van der Waals surface area contributed by atoms with Gasteiger partial charge in [0, 0.05) is 13.0 Å². The van der Waals surface area contributed by atoms with Gasteiger partial charge in [0.25, 0.3) is 0 Å². The molecule has 17 heavy (non-hydrogen) atoms. The number of fused-ring (bicyclic) bond motifs is 1. The van der Waals surface area contributed by atoms with Gasteiger partial charge in [0.15, 0.2) is 0 Å². The molecule has 1 aromatic rings. The van der Waals surface area contributed by atoms with Crippen molar-refractivity contribution >= 4 is 5.97 Å². The summed E-state index contributed by atoms with van der Waals surface area (Å²) >= 11 is 0. The molecule has 6 heteroatoms. The van der Waals surface area contributed by atoms with Crippen LogP contribution < -0.4 is 5.69 Å². The van der Waals surface area contributed by atoms with Crippen LogP contribution in [0.5, 0.6) is 0 Å². The number of aromatic nitrogens is 3. The summed E-state index contributed by atoms with van der Waals surface area (Å²) in [5.41, 5.74) is -0.208. The van der Waals surface area contributed by atoms with Crippen molar-refractivity contribution in [3.63, 3.8) is 0 Å². The number of ether oxygens (including phenoxy) is 1. The molecule has 0 bridgehead atoms. The SMILES string of the molecule is CC(C)OC(=O)Cn1nc2n(c1=O)CCCC2. The van der Waals surface area contributed by atoms with Crippen molar-refractivity contribution < 1.29 is 9.53 Å². The number of aryl methyl sites for hydroxylation is 1. The maximum atomic E-state index is 11.9. The zero-order valence-corrected chi connectivity index (χ0v) is 10.2. The average Bonchev–Trinajstić information content (AvgIpc) is 2.55. The van der Waals surface area contributed by atoms with Crippen LogP contribution in [0, 0.1) is 0 Å². The molecule has 1 aliphatic rings. The standard InChI is InChI=1S/C11H17N3O3/c1-8(2)17-10(15)7-14-11(16)13-6-4-3-5-9(13)12-14/h8H,3-7H2,1-2H3. The number of nitrogens with zero attached hydrogens (tertiary/aromatic N) is 3. The zero-order valence-electron chi connectivity index (χ0n) is 10.2. The van der Waals surface area contributed by atoms with E-state index in [1.54, 1.807) is 18.4 Å². The Morgan fingerprint density at radius 1 is 1.47 bits per heavy atom. The Hall–Kier alpha value is -1.59. The Balaban J connectivity index is 2.14. The summed E-state index contributed by atoms with van der Waals surface area (Å²) in [4.78, 5) is 23.3. The molecule has 1 aliphatic heterocycles.